The van der Waals surface area contributed by atoms with E-state index in [4.69, 9.17) is 49.5 Å². The van der Waals surface area contributed by atoms with Crippen molar-refractivity contribution >= 4 is 52.5 Å². The Morgan fingerprint density at radius 2 is 1.68 bits per heavy atom. The van der Waals surface area contributed by atoms with Crippen LogP contribution in [0.5, 0.6) is 5.75 Å². The lowest BCUT2D eigenvalue weighted by molar-refractivity contribution is -0.124. The van der Waals surface area contributed by atoms with Gasteiger partial charge in [-0.3, -0.25) is 4.79 Å². The molecule has 2 aliphatic carbocycles. The number of anilines is 2. The van der Waals surface area contributed by atoms with Gasteiger partial charge in [-0.1, -0.05) is 34.8 Å². The van der Waals surface area contributed by atoms with Crippen LogP contribution in [0.4, 0.5) is 11.8 Å². The normalized spacial score (nSPS) is 19.8. The van der Waals surface area contributed by atoms with Crippen molar-refractivity contribution in [2.75, 3.05) is 30.9 Å². The van der Waals surface area contributed by atoms with Gasteiger partial charge in [-0.25, -0.2) is 4.98 Å². The number of amides is 1. The summed E-state index contributed by atoms with van der Waals surface area (Å²) in [5.74, 6) is 1.79. The summed E-state index contributed by atoms with van der Waals surface area (Å²) in [6, 6.07) is 3.45. The van der Waals surface area contributed by atoms with Crippen molar-refractivity contribution in [3.05, 3.63) is 38.5 Å². The summed E-state index contributed by atoms with van der Waals surface area (Å²) in [5, 5.41) is 7.55. The van der Waals surface area contributed by atoms with E-state index in [-0.39, 0.29) is 40.4 Å². The van der Waals surface area contributed by atoms with Crippen LogP contribution in [-0.4, -0.2) is 48.7 Å². The summed E-state index contributed by atoms with van der Waals surface area (Å²) in [6.45, 7) is -0.157. The average Bonchev–Trinajstić information content (AvgIpc) is 2.79. The zero-order valence-corrected chi connectivity index (χ0v) is 21.7. The molecule has 7 nitrogen and oxygen atoms in total. The standard InChI is InChI=1S/C24H30Cl3N5O2/c1-32(2)23-17-5-3-4-6-20(17)30-24(31-23)29-16-9-7-15(8-10-16)28-21(33)13-34-22-18(26)11-14(25)12-19(22)27/h11-12,15-16H,3-10,13H2,1-2H3,(H,28,33)(H,29,30,31). The summed E-state index contributed by atoms with van der Waals surface area (Å²) in [5.41, 5.74) is 2.46. The fourth-order valence-electron chi connectivity index (χ4n) is 4.65. The van der Waals surface area contributed by atoms with Gasteiger partial charge in [0.05, 0.1) is 15.7 Å². The van der Waals surface area contributed by atoms with E-state index in [1.807, 2.05) is 14.1 Å². The van der Waals surface area contributed by atoms with Crippen molar-refractivity contribution in [3.63, 3.8) is 0 Å². The van der Waals surface area contributed by atoms with Crippen molar-refractivity contribution < 1.29 is 9.53 Å². The summed E-state index contributed by atoms with van der Waals surface area (Å²) < 4.78 is 5.53. The van der Waals surface area contributed by atoms with Gasteiger partial charge in [-0.15, -0.1) is 0 Å². The molecule has 1 fully saturated rings. The van der Waals surface area contributed by atoms with Crippen LogP contribution in [0.3, 0.4) is 0 Å². The first-order valence-corrected chi connectivity index (χ1v) is 12.8. The topological polar surface area (TPSA) is 79.4 Å². The van der Waals surface area contributed by atoms with E-state index in [2.05, 4.69) is 15.5 Å². The number of nitrogens with one attached hydrogen (secondary N) is 2. The number of benzene rings is 1. The van der Waals surface area contributed by atoms with Gasteiger partial charge in [-0.05, 0) is 63.5 Å². The Morgan fingerprint density at radius 3 is 2.35 bits per heavy atom. The summed E-state index contributed by atoms with van der Waals surface area (Å²) in [4.78, 5) is 24.1. The molecular formula is C24H30Cl3N5O2. The number of ether oxygens (including phenoxy) is 1. The van der Waals surface area contributed by atoms with Crippen LogP contribution in [0.15, 0.2) is 12.1 Å². The number of aryl methyl sites for hydroxylation is 1. The highest BCUT2D eigenvalue weighted by Crippen LogP contribution is 2.36. The lowest BCUT2D eigenvalue weighted by atomic mass is 9.91. The first-order chi connectivity index (χ1) is 16.3. The second kappa shape index (κ2) is 11.2. The SMILES string of the molecule is CN(C)c1nc(NC2CCC(NC(=O)COc3c(Cl)cc(Cl)cc3Cl)CC2)nc2c1CCCC2. The van der Waals surface area contributed by atoms with Gasteiger partial charge in [0.1, 0.15) is 5.82 Å². The van der Waals surface area contributed by atoms with Gasteiger partial charge in [0, 0.05) is 36.8 Å². The largest absolute Gasteiger partial charge is 0.481 e. The Labute approximate surface area is 215 Å². The summed E-state index contributed by atoms with van der Waals surface area (Å²) in [6.07, 6.45) is 8.05. The van der Waals surface area contributed by atoms with Crippen LogP contribution in [0.1, 0.15) is 49.8 Å². The third-order valence-electron chi connectivity index (χ3n) is 6.32. The molecule has 1 amide bonds. The Bertz CT molecular complexity index is 1020. The number of carbonyl (C=O) groups is 1. The fourth-order valence-corrected chi connectivity index (χ4v) is 5.57. The second-order valence-electron chi connectivity index (χ2n) is 9.15. The minimum absolute atomic E-state index is 0.104. The van der Waals surface area contributed by atoms with Crippen molar-refractivity contribution in [2.45, 2.75) is 63.5 Å². The minimum atomic E-state index is -0.202. The molecule has 0 atom stereocenters. The number of hydrogen-bond acceptors (Lipinski definition) is 6. The lowest BCUT2D eigenvalue weighted by Crippen LogP contribution is -2.42. The molecule has 34 heavy (non-hydrogen) atoms. The fraction of sp³-hybridized carbons (Fsp3) is 0.542. The third-order valence-corrected chi connectivity index (χ3v) is 7.10. The maximum absolute atomic E-state index is 12.4. The molecule has 2 aromatic rings. The van der Waals surface area contributed by atoms with Crippen molar-refractivity contribution in [3.8, 4) is 5.75 Å². The highest BCUT2D eigenvalue weighted by molar-refractivity contribution is 6.40. The van der Waals surface area contributed by atoms with Crippen molar-refractivity contribution in [1.82, 2.24) is 15.3 Å². The van der Waals surface area contributed by atoms with Crippen molar-refractivity contribution in [1.29, 1.82) is 0 Å². The maximum Gasteiger partial charge on any atom is 0.258 e. The number of nitrogens with zero attached hydrogens (tertiary/aromatic N) is 3. The molecule has 1 aromatic carbocycles. The third kappa shape index (κ3) is 6.18. The molecule has 1 heterocycles. The predicted molar refractivity (Wildman–Crippen MR) is 138 cm³/mol. The summed E-state index contributed by atoms with van der Waals surface area (Å²) >= 11 is 18.1. The number of hydrogen-bond donors (Lipinski definition) is 2. The zero-order valence-electron chi connectivity index (χ0n) is 19.5. The second-order valence-corrected chi connectivity index (χ2v) is 10.4. The van der Waals surface area contributed by atoms with Crippen LogP contribution in [0.2, 0.25) is 15.1 Å². The Balaban J connectivity index is 1.27. The molecular weight excluding hydrogens is 497 g/mol. The zero-order chi connectivity index (χ0) is 24.2. The molecule has 0 bridgehead atoms. The Kier molecular flexibility index (Phi) is 8.27. The average molecular weight is 527 g/mol. The number of aromatic nitrogens is 2. The van der Waals surface area contributed by atoms with Crippen LogP contribution in [-0.2, 0) is 17.6 Å². The van der Waals surface area contributed by atoms with Crippen molar-refractivity contribution in [2.24, 2.45) is 0 Å². The van der Waals surface area contributed by atoms with Gasteiger partial charge in [0.25, 0.3) is 5.91 Å². The minimum Gasteiger partial charge on any atom is -0.481 e. The molecule has 0 spiro atoms. The van der Waals surface area contributed by atoms with Crippen LogP contribution in [0, 0.1) is 0 Å². The monoisotopic (exact) mass is 525 g/mol. The molecule has 0 saturated heterocycles. The summed E-state index contributed by atoms with van der Waals surface area (Å²) in [7, 11) is 4.07. The Morgan fingerprint density at radius 1 is 1.03 bits per heavy atom. The van der Waals surface area contributed by atoms with Gasteiger partial charge in [-0.2, -0.15) is 4.98 Å². The van der Waals surface area contributed by atoms with Gasteiger partial charge in [0.15, 0.2) is 12.4 Å². The van der Waals surface area contributed by atoms with E-state index in [0.717, 1.165) is 44.3 Å². The lowest BCUT2D eigenvalue weighted by Gasteiger charge is -2.30. The molecule has 2 aliphatic rings. The predicted octanol–water partition coefficient (Wildman–Crippen LogP) is 5.30. The molecule has 10 heteroatoms. The maximum atomic E-state index is 12.4. The highest BCUT2D eigenvalue weighted by Gasteiger charge is 2.25. The quantitative estimate of drug-likeness (QED) is 0.510. The Hall–Kier alpha value is -1.96. The van der Waals surface area contributed by atoms with Gasteiger partial charge in [0.2, 0.25) is 5.95 Å². The molecule has 184 valence electrons. The van der Waals surface area contributed by atoms with E-state index in [1.54, 1.807) is 0 Å². The first kappa shape index (κ1) is 25.1. The number of carbonyl (C=O) groups excluding carboxylic acids is 1. The first-order valence-electron chi connectivity index (χ1n) is 11.7. The van der Waals surface area contributed by atoms with Gasteiger partial charge < -0.3 is 20.3 Å². The van der Waals surface area contributed by atoms with Crippen LogP contribution < -0.4 is 20.3 Å². The smallest absolute Gasteiger partial charge is 0.258 e. The molecule has 4 rings (SSSR count). The van der Waals surface area contributed by atoms with E-state index in [9.17, 15) is 4.79 Å². The molecule has 1 saturated carbocycles. The number of rotatable bonds is 7. The molecule has 0 radical (unpaired) electrons. The molecule has 0 unspecified atom stereocenters. The molecule has 0 aliphatic heterocycles. The van der Waals surface area contributed by atoms with E-state index >= 15 is 0 Å². The highest BCUT2D eigenvalue weighted by atomic mass is 35.5. The van der Waals surface area contributed by atoms with E-state index < -0.39 is 0 Å². The number of fused-ring (bicyclic) bond motifs is 1. The van der Waals surface area contributed by atoms with Crippen LogP contribution >= 0.6 is 34.8 Å². The molecule has 1 aromatic heterocycles. The molecule has 2 N–H and O–H groups in total. The van der Waals surface area contributed by atoms with E-state index in [1.165, 1.54) is 36.2 Å². The van der Waals surface area contributed by atoms with E-state index in [0.29, 0.717) is 11.0 Å². The van der Waals surface area contributed by atoms with Gasteiger partial charge >= 0.3 is 0 Å². The van der Waals surface area contributed by atoms with Crippen LogP contribution in [0.25, 0.3) is 0 Å². The number of halogens is 3.